The summed E-state index contributed by atoms with van der Waals surface area (Å²) >= 11 is 0. The van der Waals surface area contributed by atoms with Crippen molar-refractivity contribution in [1.29, 1.82) is 0 Å². The predicted octanol–water partition coefficient (Wildman–Crippen LogP) is 1.98. The number of carbonyl (C=O) groups excluding carboxylic acids is 1. The number of nitrogens with one attached hydrogen (secondary N) is 1. The molecule has 0 radical (unpaired) electrons. The van der Waals surface area contributed by atoms with Crippen LogP contribution >= 0.6 is 0 Å². The number of pyridine rings is 2. The van der Waals surface area contributed by atoms with Gasteiger partial charge < -0.3 is 19.9 Å². The van der Waals surface area contributed by atoms with Crippen molar-refractivity contribution in [3.05, 3.63) is 65.2 Å². The molecule has 0 saturated carbocycles. The molecule has 9 nitrogen and oxygen atoms in total. The molecule has 3 heterocycles. The van der Waals surface area contributed by atoms with Gasteiger partial charge in [-0.15, -0.1) is 0 Å². The zero-order chi connectivity index (χ0) is 23.4. The Morgan fingerprint density at radius 3 is 2.64 bits per heavy atom. The minimum absolute atomic E-state index is 0.318. The lowest BCUT2D eigenvalue weighted by Gasteiger charge is -2.27. The molecule has 2 N–H and O–H groups in total. The van der Waals surface area contributed by atoms with E-state index in [0.29, 0.717) is 37.3 Å². The number of hydrogen-bond donors (Lipinski definition) is 2. The van der Waals surface area contributed by atoms with Gasteiger partial charge in [-0.25, -0.2) is 4.98 Å². The van der Waals surface area contributed by atoms with Gasteiger partial charge in [-0.3, -0.25) is 19.1 Å². The Bertz CT molecular complexity index is 1230. The van der Waals surface area contributed by atoms with Gasteiger partial charge in [-0.1, -0.05) is 18.7 Å². The van der Waals surface area contributed by atoms with Crippen molar-refractivity contribution in [2.45, 2.75) is 6.54 Å². The maximum absolute atomic E-state index is 13.2. The summed E-state index contributed by atoms with van der Waals surface area (Å²) in [4.78, 5) is 32.5. The number of aromatic hydroxyl groups is 1. The Labute approximate surface area is 190 Å². The molecule has 3 aromatic rings. The van der Waals surface area contributed by atoms with Gasteiger partial charge in [0, 0.05) is 37.9 Å². The molecule has 1 aliphatic heterocycles. The molecule has 1 amide bonds. The summed E-state index contributed by atoms with van der Waals surface area (Å²) in [5, 5.41) is 13.6. The van der Waals surface area contributed by atoms with Crippen molar-refractivity contribution >= 4 is 16.9 Å². The highest BCUT2D eigenvalue weighted by atomic mass is 16.5. The molecule has 9 heteroatoms. The molecule has 0 bridgehead atoms. The third kappa shape index (κ3) is 4.59. The van der Waals surface area contributed by atoms with E-state index < -0.39 is 17.2 Å². The highest BCUT2D eigenvalue weighted by Crippen LogP contribution is 2.30. The molecular formula is C24H26N4O5. The minimum Gasteiger partial charge on any atom is -0.506 e. The first-order valence-electron chi connectivity index (χ1n) is 10.6. The first-order chi connectivity index (χ1) is 16.0. The van der Waals surface area contributed by atoms with Crippen LogP contribution in [0.5, 0.6) is 11.5 Å². The fourth-order valence-corrected chi connectivity index (χ4v) is 3.90. The monoisotopic (exact) mass is 450 g/mol. The largest absolute Gasteiger partial charge is 0.506 e. The van der Waals surface area contributed by atoms with Crippen LogP contribution in [0.3, 0.4) is 0 Å². The highest BCUT2D eigenvalue weighted by Gasteiger charge is 2.23. The highest BCUT2D eigenvalue weighted by molar-refractivity contribution is 6.02. The molecule has 4 rings (SSSR count). The summed E-state index contributed by atoms with van der Waals surface area (Å²) < 4.78 is 12.0. The van der Waals surface area contributed by atoms with Crippen molar-refractivity contribution in [3.63, 3.8) is 0 Å². The normalized spacial score (nSPS) is 14.2. The summed E-state index contributed by atoms with van der Waals surface area (Å²) in [5.74, 6) is -0.403. The number of fused-ring (bicyclic) bond motifs is 1. The lowest BCUT2D eigenvalue weighted by molar-refractivity contribution is 0.0364. The third-order valence-corrected chi connectivity index (χ3v) is 5.70. The van der Waals surface area contributed by atoms with Crippen LogP contribution in [-0.2, 0) is 11.3 Å². The molecule has 0 aliphatic carbocycles. The number of rotatable bonds is 7. The van der Waals surface area contributed by atoms with Crippen LogP contribution in [0.25, 0.3) is 22.2 Å². The SMILES string of the molecule is C=CNC(=O)c1c(O)c2cc(-c3ccc(OC)cc3)cnc2n(CCN2CCOCC2)c1=O. The first kappa shape index (κ1) is 22.5. The van der Waals surface area contributed by atoms with Gasteiger partial charge in [0.2, 0.25) is 0 Å². The van der Waals surface area contributed by atoms with Crippen LogP contribution < -0.4 is 15.6 Å². The number of methoxy groups -OCH3 is 1. The average molecular weight is 450 g/mol. The van der Waals surface area contributed by atoms with E-state index >= 15 is 0 Å². The van der Waals surface area contributed by atoms with Crippen molar-refractivity contribution in [2.75, 3.05) is 40.0 Å². The van der Waals surface area contributed by atoms with E-state index in [0.717, 1.165) is 30.0 Å². The second kappa shape index (κ2) is 9.85. The molecule has 1 aliphatic rings. The summed E-state index contributed by atoms with van der Waals surface area (Å²) in [6.07, 6.45) is 2.83. The molecule has 33 heavy (non-hydrogen) atoms. The lowest BCUT2D eigenvalue weighted by Crippen LogP contribution is -2.40. The fourth-order valence-electron chi connectivity index (χ4n) is 3.90. The van der Waals surface area contributed by atoms with Crippen LogP contribution in [0.2, 0.25) is 0 Å². The van der Waals surface area contributed by atoms with E-state index in [9.17, 15) is 14.7 Å². The molecule has 1 aromatic carbocycles. The maximum atomic E-state index is 13.2. The Morgan fingerprint density at radius 1 is 1.24 bits per heavy atom. The van der Waals surface area contributed by atoms with E-state index in [1.165, 1.54) is 10.8 Å². The average Bonchev–Trinajstić information content (AvgIpc) is 2.85. The molecule has 1 saturated heterocycles. The number of nitrogens with zero attached hydrogens (tertiary/aromatic N) is 3. The Morgan fingerprint density at radius 2 is 1.97 bits per heavy atom. The van der Waals surface area contributed by atoms with Crippen LogP contribution in [-0.4, -0.2) is 65.4 Å². The molecule has 1 fully saturated rings. The number of benzene rings is 1. The second-order valence-corrected chi connectivity index (χ2v) is 7.64. The van der Waals surface area contributed by atoms with Gasteiger partial charge in [-0.2, -0.15) is 0 Å². The number of carbonyl (C=O) groups is 1. The van der Waals surface area contributed by atoms with Crippen LogP contribution in [0, 0.1) is 0 Å². The van der Waals surface area contributed by atoms with Gasteiger partial charge in [-0.05, 0) is 30.0 Å². The van der Waals surface area contributed by atoms with Crippen molar-refractivity contribution < 1.29 is 19.4 Å². The number of ether oxygens (including phenoxy) is 2. The molecule has 0 unspecified atom stereocenters. The number of morpholine rings is 1. The second-order valence-electron chi connectivity index (χ2n) is 7.64. The minimum atomic E-state index is -0.718. The van der Waals surface area contributed by atoms with Crippen LogP contribution in [0.1, 0.15) is 10.4 Å². The zero-order valence-corrected chi connectivity index (χ0v) is 18.4. The van der Waals surface area contributed by atoms with E-state index in [2.05, 4.69) is 21.8 Å². The quantitative estimate of drug-likeness (QED) is 0.567. The van der Waals surface area contributed by atoms with E-state index in [-0.39, 0.29) is 5.56 Å². The summed E-state index contributed by atoms with van der Waals surface area (Å²) in [6, 6.07) is 9.13. The van der Waals surface area contributed by atoms with Gasteiger partial charge in [0.25, 0.3) is 11.5 Å². The molecule has 2 aromatic heterocycles. The molecule has 0 spiro atoms. The van der Waals surface area contributed by atoms with Gasteiger partial charge >= 0.3 is 0 Å². The maximum Gasteiger partial charge on any atom is 0.268 e. The lowest BCUT2D eigenvalue weighted by atomic mass is 10.0. The molecule has 172 valence electrons. The van der Waals surface area contributed by atoms with Crippen molar-refractivity contribution in [3.8, 4) is 22.6 Å². The van der Waals surface area contributed by atoms with Crippen molar-refractivity contribution in [1.82, 2.24) is 19.8 Å². The summed E-state index contributed by atoms with van der Waals surface area (Å²) in [7, 11) is 1.59. The number of aromatic nitrogens is 2. The van der Waals surface area contributed by atoms with E-state index in [1.807, 2.05) is 24.3 Å². The van der Waals surface area contributed by atoms with Gasteiger partial charge in [0.1, 0.15) is 22.7 Å². The van der Waals surface area contributed by atoms with Gasteiger partial charge in [0.05, 0.1) is 25.7 Å². The van der Waals surface area contributed by atoms with Crippen LogP contribution in [0.15, 0.2) is 54.1 Å². The molecule has 0 atom stereocenters. The van der Waals surface area contributed by atoms with E-state index in [1.54, 1.807) is 19.4 Å². The van der Waals surface area contributed by atoms with E-state index in [4.69, 9.17) is 9.47 Å². The van der Waals surface area contributed by atoms with Crippen LogP contribution in [0.4, 0.5) is 0 Å². The fraction of sp³-hybridized carbons (Fsp3) is 0.292. The standard InChI is InChI=1S/C24H26N4O5/c1-3-25-23(30)20-21(29)19-14-17(16-4-6-18(32-2)7-5-16)15-26-22(19)28(24(20)31)9-8-27-10-12-33-13-11-27/h3-7,14-15,29H,1,8-13H2,2H3,(H,25,30). The Balaban J connectivity index is 1.82. The smallest absolute Gasteiger partial charge is 0.268 e. The number of hydrogen-bond acceptors (Lipinski definition) is 7. The Hall–Kier alpha value is -3.69. The number of amides is 1. The zero-order valence-electron chi connectivity index (χ0n) is 18.4. The third-order valence-electron chi connectivity index (χ3n) is 5.70. The first-order valence-corrected chi connectivity index (χ1v) is 10.6. The molecular weight excluding hydrogens is 424 g/mol. The Kier molecular flexibility index (Phi) is 6.71. The summed E-state index contributed by atoms with van der Waals surface area (Å²) in [6.45, 7) is 7.20. The van der Waals surface area contributed by atoms with Gasteiger partial charge in [0.15, 0.2) is 0 Å². The predicted molar refractivity (Wildman–Crippen MR) is 125 cm³/mol. The summed E-state index contributed by atoms with van der Waals surface area (Å²) in [5.41, 5.74) is 0.968. The van der Waals surface area contributed by atoms with Crippen molar-refractivity contribution in [2.24, 2.45) is 0 Å². The topological polar surface area (TPSA) is 106 Å².